The number of nitrogens with zero attached hydrogens (tertiary/aromatic N) is 4. The van der Waals surface area contributed by atoms with Crippen LogP contribution in [0.2, 0.25) is 5.02 Å². The summed E-state index contributed by atoms with van der Waals surface area (Å²) in [5, 5.41) is 1.67. The molecule has 0 aliphatic rings. The van der Waals surface area contributed by atoms with Crippen LogP contribution in [-0.4, -0.2) is 19.5 Å². The second-order valence-corrected chi connectivity index (χ2v) is 6.67. The Labute approximate surface area is 151 Å². The molecule has 124 valence electrons. The fourth-order valence-electron chi connectivity index (χ4n) is 2.83. The van der Waals surface area contributed by atoms with Gasteiger partial charge in [0.05, 0.1) is 28.2 Å². The van der Waals surface area contributed by atoms with E-state index in [1.807, 2.05) is 53.4 Å². The normalized spacial score (nSPS) is 11.4. The SMILES string of the molecule is CC(C)c1cc(Cl)c2cccc(-n3cnc(-c4cccnc4)c3)c2n1. The fourth-order valence-corrected chi connectivity index (χ4v) is 3.10. The smallest absolute Gasteiger partial charge is 0.1000 e. The average Bonchev–Trinajstić information content (AvgIpc) is 3.12. The quantitative estimate of drug-likeness (QED) is 0.507. The lowest BCUT2D eigenvalue weighted by atomic mass is 10.1. The van der Waals surface area contributed by atoms with Crippen molar-refractivity contribution in [1.82, 2.24) is 19.5 Å². The first kappa shape index (κ1) is 15.8. The Morgan fingerprint density at radius 1 is 1.12 bits per heavy atom. The van der Waals surface area contributed by atoms with E-state index in [9.17, 15) is 0 Å². The number of benzene rings is 1. The van der Waals surface area contributed by atoms with Gasteiger partial charge in [-0.05, 0) is 30.2 Å². The largest absolute Gasteiger partial charge is 0.303 e. The molecule has 0 amide bonds. The second kappa shape index (κ2) is 6.30. The third kappa shape index (κ3) is 2.89. The van der Waals surface area contributed by atoms with Crippen LogP contribution in [0, 0.1) is 0 Å². The topological polar surface area (TPSA) is 43.6 Å². The van der Waals surface area contributed by atoms with E-state index < -0.39 is 0 Å². The highest BCUT2D eigenvalue weighted by Crippen LogP contribution is 2.30. The maximum absolute atomic E-state index is 6.49. The average molecular weight is 349 g/mol. The van der Waals surface area contributed by atoms with Crippen LogP contribution in [0.5, 0.6) is 0 Å². The van der Waals surface area contributed by atoms with Crippen molar-refractivity contribution < 1.29 is 0 Å². The van der Waals surface area contributed by atoms with Gasteiger partial charge in [-0.3, -0.25) is 9.97 Å². The van der Waals surface area contributed by atoms with E-state index in [0.717, 1.165) is 38.6 Å². The van der Waals surface area contributed by atoms with Crippen LogP contribution in [0.3, 0.4) is 0 Å². The Morgan fingerprint density at radius 2 is 2.00 bits per heavy atom. The van der Waals surface area contributed by atoms with Gasteiger partial charge in [-0.1, -0.05) is 37.6 Å². The highest BCUT2D eigenvalue weighted by molar-refractivity contribution is 6.35. The number of imidazole rings is 1. The lowest BCUT2D eigenvalue weighted by Gasteiger charge is -2.11. The Balaban J connectivity index is 1.88. The third-order valence-electron chi connectivity index (χ3n) is 4.20. The molecular weight excluding hydrogens is 332 g/mol. The minimum Gasteiger partial charge on any atom is -0.303 e. The van der Waals surface area contributed by atoms with Crippen molar-refractivity contribution in [1.29, 1.82) is 0 Å². The maximum Gasteiger partial charge on any atom is 0.1000 e. The number of fused-ring (bicyclic) bond motifs is 1. The molecule has 3 heterocycles. The van der Waals surface area contributed by atoms with Gasteiger partial charge in [0.25, 0.3) is 0 Å². The molecule has 0 fully saturated rings. The van der Waals surface area contributed by atoms with Crippen molar-refractivity contribution in [2.75, 3.05) is 0 Å². The van der Waals surface area contributed by atoms with Crippen molar-refractivity contribution in [3.63, 3.8) is 0 Å². The van der Waals surface area contributed by atoms with E-state index in [2.05, 4.69) is 23.8 Å². The minimum atomic E-state index is 0.309. The van der Waals surface area contributed by atoms with E-state index in [-0.39, 0.29) is 0 Å². The molecule has 5 heteroatoms. The number of pyridine rings is 2. The number of aromatic nitrogens is 4. The maximum atomic E-state index is 6.49. The Morgan fingerprint density at radius 3 is 2.76 bits per heavy atom. The van der Waals surface area contributed by atoms with E-state index in [1.54, 1.807) is 12.5 Å². The molecule has 0 atom stereocenters. The summed E-state index contributed by atoms with van der Waals surface area (Å²) in [5.41, 5.74) is 4.68. The Kier molecular flexibility index (Phi) is 3.98. The van der Waals surface area contributed by atoms with Crippen molar-refractivity contribution in [2.45, 2.75) is 19.8 Å². The summed E-state index contributed by atoms with van der Waals surface area (Å²) in [7, 11) is 0. The van der Waals surface area contributed by atoms with Crippen LogP contribution in [-0.2, 0) is 0 Å². The molecule has 0 N–H and O–H groups in total. The first-order valence-electron chi connectivity index (χ1n) is 8.17. The lowest BCUT2D eigenvalue weighted by molar-refractivity contribution is 0.829. The fraction of sp³-hybridized carbons (Fsp3) is 0.150. The Bertz CT molecular complexity index is 1040. The second-order valence-electron chi connectivity index (χ2n) is 6.26. The number of hydrogen-bond donors (Lipinski definition) is 0. The summed E-state index contributed by atoms with van der Waals surface area (Å²) >= 11 is 6.49. The van der Waals surface area contributed by atoms with Crippen LogP contribution in [0.25, 0.3) is 27.8 Å². The van der Waals surface area contributed by atoms with Crippen molar-refractivity contribution in [3.05, 3.63) is 72.0 Å². The molecule has 0 bridgehead atoms. The van der Waals surface area contributed by atoms with Crippen LogP contribution < -0.4 is 0 Å². The van der Waals surface area contributed by atoms with E-state index in [1.165, 1.54) is 0 Å². The summed E-state index contributed by atoms with van der Waals surface area (Å²) in [6, 6.07) is 11.9. The Hall–Kier alpha value is -2.72. The molecule has 0 aliphatic heterocycles. The van der Waals surface area contributed by atoms with Gasteiger partial charge >= 0.3 is 0 Å². The number of halogens is 1. The van der Waals surface area contributed by atoms with E-state index in [0.29, 0.717) is 5.92 Å². The monoisotopic (exact) mass is 348 g/mol. The van der Waals surface area contributed by atoms with Crippen LogP contribution in [0.4, 0.5) is 0 Å². The molecule has 1 aromatic carbocycles. The number of rotatable bonds is 3. The summed E-state index contributed by atoms with van der Waals surface area (Å²) in [6.07, 6.45) is 7.35. The predicted molar refractivity (Wildman–Crippen MR) is 101 cm³/mol. The molecule has 0 unspecified atom stereocenters. The van der Waals surface area contributed by atoms with Gasteiger partial charge < -0.3 is 4.57 Å². The summed E-state index contributed by atoms with van der Waals surface area (Å²) < 4.78 is 1.98. The van der Waals surface area contributed by atoms with Crippen LogP contribution in [0.1, 0.15) is 25.5 Å². The van der Waals surface area contributed by atoms with Gasteiger partial charge in [0, 0.05) is 35.2 Å². The first-order valence-corrected chi connectivity index (χ1v) is 8.55. The first-order chi connectivity index (χ1) is 12.1. The van der Waals surface area contributed by atoms with Crippen molar-refractivity contribution >= 4 is 22.5 Å². The number of hydrogen-bond acceptors (Lipinski definition) is 3. The van der Waals surface area contributed by atoms with Gasteiger partial charge in [0.15, 0.2) is 0 Å². The summed E-state index contributed by atoms with van der Waals surface area (Å²) in [6.45, 7) is 4.23. The van der Waals surface area contributed by atoms with Crippen molar-refractivity contribution in [2.24, 2.45) is 0 Å². The summed E-state index contributed by atoms with van der Waals surface area (Å²) in [4.78, 5) is 13.5. The van der Waals surface area contributed by atoms with E-state index in [4.69, 9.17) is 16.6 Å². The highest BCUT2D eigenvalue weighted by atomic mass is 35.5. The van der Waals surface area contributed by atoms with Gasteiger partial charge in [-0.15, -0.1) is 0 Å². The standard InChI is InChI=1S/C20H17ClN4/c1-13(2)17-9-16(21)15-6-3-7-19(20(15)24-17)25-11-18(23-12-25)14-5-4-8-22-10-14/h3-13H,1-2H3. The summed E-state index contributed by atoms with van der Waals surface area (Å²) in [5.74, 6) is 0.309. The van der Waals surface area contributed by atoms with Crippen molar-refractivity contribution in [3.8, 4) is 16.9 Å². The predicted octanol–water partition coefficient (Wildman–Crippen LogP) is 5.26. The molecule has 0 spiro atoms. The molecule has 4 aromatic rings. The molecule has 3 aromatic heterocycles. The highest BCUT2D eigenvalue weighted by Gasteiger charge is 2.12. The third-order valence-corrected chi connectivity index (χ3v) is 4.51. The van der Waals surface area contributed by atoms with Gasteiger partial charge in [-0.25, -0.2) is 4.98 Å². The zero-order chi connectivity index (χ0) is 17.4. The molecule has 0 radical (unpaired) electrons. The molecular formula is C20H17ClN4. The lowest BCUT2D eigenvalue weighted by Crippen LogP contribution is -1.98. The van der Waals surface area contributed by atoms with Crippen LogP contribution in [0.15, 0.2) is 61.3 Å². The van der Waals surface area contributed by atoms with E-state index >= 15 is 0 Å². The number of para-hydroxylation sites is 1. The van der Waals surface area contributed by atoms with Crippen LogP contribution >= 0.6 is 11.6 Å². The zero-order valence-corrected chi connectivity index (χ0v) is 14.8. The van der Waals surface area contributed by atoms with Gasteiger partial charge in [0.1, 0.15) is 0 Å². The molecule has 25 heavy (non-hydrogen) atoms. The molecule has 0 saturated carbocycles. The molecule has 4 rings (SSSR count). The van der Waals surface area contributed by atoms with Gasteiger partial charge in [0.2, 0.25) is 0 Å². The van der Waals surface area contributed by atoms with Gasteiger partial charge in [-0.2, -0.15) is 0 Å². The zero-order valence-electron chi connectivity index (χ0n) is 14.0. The minimum absolute atomic E-state index is 0.309. The molecule has 0 saturated heterocycles. The molecule has 4 nitrogen and oxygen atoms in total. The molecule has 0 aliphatic carbocycles.